The van der Waals surface area contributed by atoms with Crippen LogP contribution in [0.3, 0.4) is 0 Å². The fourth-order valence-electron chi connectivity index (χ4n) is 3.04. The van der Waals surface area contributed by atoms with E-state index in [1.807, 2.05) is 16.8 Å². The van der Waals surface area contributed by atoms with Gasteiger partial charge in [-0.2, -0.15) is 0 Å². The molecule has 1 aromatic carbocycles. The minimum absolute atomic E-state index is 0.284. The highest BCUT2D eigenvalue weighted by Gasteiger charge is 2.30. The van der Waals surface area contributed by atoms with Crippen molar-refractivity contribution >= 4 is 11.4 Å². The van der Waals surface area contributed by atoms with E-state index in [4.69, 9.17) is 11.5 Å². The maximum Gasteiger partial charge on any atom is 0.184 e. The molecule has 0 unspecified atom stereocenters. The molecular weight excluding hydrogens is 252 g/mol. The van der Waals surface area contributed by atoms with Crippen LogP contribution >= 0.6 is 0 Å². The lowest BCUT2D eigenvalue weighted by Gasteiger charge is -2.23. The van der Waals surface area contributed by atoms with E-state index in [0.717, 1.165) is 17.9 Å². The standard InChI is InChI=1S/C14H20N6/c1-14(6-2-3-7-14)9-20-13(17-18-19-20)11-5-4-10(15)8-12(11)16/h4-5,8H,2-3,6-7,9,15-16H2,1H3. The van der Waals surface area contributed by atoms with Crippen LogP contribution < -0.4 is 11.5 Å². The Balaban J connectivity index is 1.93. The summed E-state index contributed by atoms with van der Waals surface area (Å²) < 4.78 is 1.87. The molecule has 0 aliphatic heterocycles. The van der Waals surface area contributed by atoms with Crippen molar-refractivity contribution in [3.8, 4) is 11.4 Å². The summed E-state index contributed by atoms with van der Waals surface area (Å²) in [5.41, 5.74) is 14.1. The van der Waals surface area contributed by atoms with Crippen LogP contribution in [0.1, 0.15) is 32.6 Å². The fraction of sp³-hybridized carbons (Fsp3) is 0.500. The van der Waals surface area contributed by atoms with Crippen LogP contribution in [0.25, 0.3) is 11.4 Å². The van der Waals surface area contributed by atoms with Crippen LogP contribution in [0.5, 0.6) is 0 Å². The first kappa shape index (κ1) is 12.9. The monoisotopic (exact) mass is 272 g/mol. The fourth-order valence-corrected chi connectivity index (χ4v) is 3.04. The van der Waals surface area contributed by atoms with Crippen LogP contribution in [-0.4, -0.2) is 20.2 Å². The van der Waals surface area contributed by atoms with Gasteiger partial charge in [-0.15, -0.1) is 5.10 Å². The minimum Gasteiger partial charge on any atom is -0.399 e. The Bertz CT molecular complexity index is 612. The summed E-state index contributed by atoms with van der Waals surface area (Å²) in [6, 6.07) is 5.44. The van der Waals surface area contributed by atoms with Gasteiger partial charge in [0, 0.05) is 16.9 Å². The van der Waals surface area contributed by atoms with Gasteiger partial charge in [-0.3, -0.25) is 0 Å². The zero-order valence-electron chi connectivity index (χ0n) is 11.7. The number of nitrogens with zero attached hydrogens (tertiary/aromatic N) is 4. The van der Waals surface area contributed by atoms with Crippen LogP contribution in [0.15, 0.2) is 18.2 Å². The first-order chi connectivity index (χ1) is 9.57. The molecule has 0 amide bonds. The SMILES string of the molecule is CC1(Cn2nnnc2-c2ccc(N)cc2N)CCCC1. The topological polar surface area (TPSA) is 95.6 Å². The van der Waals surface area contributed by atoms with Gasteiger partial charge in [-0.05, 0) is 46.9 Å². The van der Waals surface area contributed by atoms with Gasteiger partial charge in [0.25, 0.3) is 0 Å². The van der Waals surface area contributed by atoms with E-state index in [-0.39, 0.29) is 5.41 Å². The summed E-state index contributed by atoms with van der Waals surface area (Å²) in [5.74, 6) is 0.718. The van der Waals surface area contributed by atoms with Crippen molar-refractivity contribution in [3.05, 3.63) is 18.2 Å². The van der Waals surface area contributed by atoms with Crippen LogP contribution in [-0.2, 0) is 6.54 Å². The molecule has 0 atom stereocenters. The number of benzene rings is 1. The Morgan fingerprint density at radius 1 is 1.25 bits per heavy atom. The minimum atomic E-state index is 0.284. The third-order valence-electron chi connectivity index (χ3n) is 4.19. The first-order valence-electron chi connectivity index (χ1n) is 6.99. The lowest BCUT2D eigenvalue weighted by Crippen LogP contribution is -2.21. The number of nitrogens with two attached hydrogens (primary N) is 2. The smallest absolute Gasteiger partial charge is 0.184 e. The van der Waals surface area contributed by atoms with Crippen LogP contribution in [0, 0.1) is 5.41 Å². The van der Waals surface area contributed by atoms with E-state index in [1.54, 1.807) is 6.07 Å². The normalized spacial score (nSPS) is 17.4. The molecule has 1 fully saturated rings. The highest BCUT2D eigenvalue weighted by Crippen LogP contribution is 2.39. The number of tetrazole rings is 1. The van der Waals surface area contributed by atoms with Gasteiger partial charge in [0.2, 0.25) is 0 Å². The summed E-state index contributed by atoms with van der Waals surface area (Å²) in [7, 11) is 0. The van der Waals surface area contributed by atoms with E-state index < -0.39 is 0 Å². The highest BCUT2D eigenvalue weighted by atomic mass is 15.5. The third kappa shape index (κ3) is 2.33. The van der Waals surface area contributed by atoms with Crippen molar-refractivity contribution in [2.75, 3.05) is 11.5 Å². The van der Waals surface area contributed by atoms with Crippen molar-refractivity contribution in [3.63, 3.8) is 0 Å². The second-order valence-electron chi connectivity index (χ2n) is 6.02. The molecule has 6 heteroatoms. The van der Waals surface area contributed by atoms with Gasteiger partial charge in [0.15, 0.2) is 5.82 Å². The summed E-state index contributed by atoms with van der Waals surface area (Å²) in [6.07, 6.45) is 5.03. The van der Waals surface area contributed by atoms with E-state index >= 15 is 0 Å². The summed E-state index contributed by atoms with van der Waals surface area (Å²) in [5, 5.41) is 12.1. The Morgan fingerprint density at radius 3 is 2.70 bits per heavy atom. The number of anilines is 2. The predicted octanol–water partition coefficient (Wildman–Crippen LogP) is 2.08. The molecule has 1 heterocycles. The predicted molar refractivity (Wildman–Crippen MR) is 78.7 cm³/mol. The van der Waals surface area contributed by atoms with Gasteiger partial charge in [-0.1, -0.05) is 19.8 Å². The Kier molecular flexibility index (Phi) is 3.08. The van der Waals surface area contributed by atoms with Crippen molar-refractivity contribution in [2.24, 2.45) is 5.41 Å². The van der Waals surface area contributed by atoms with E-state index in [2.05, 4.69) is 22.4 Å². The Morgan fingerprint density at radius 2 is 2.00 bits per heavy atom. The maximum atomic E-state index is 6.03. The molecule has 20 heavy (non-hydrogen) atoms. The second-order valence-corrected chi connectivity index (χ2v) is 6.02. The average Bonchev–Trinajstić information content (AvgIpc) is 3.00. The number of nitrogen functional groups attached to an aromatic ring is 2. The number of hydrogen-bond donors (Lipinski definition) is 2. The molecule has 2 aromatic rings. The number of aromatic nitrogens is 4. The quantitative estimate of drug-likeness (QED) is 0.834. The molecule has 0 radical (unpaired) electrons. The van der Waals surface area contributed by atoms with Crippen LogP contribution in [0.4, 0.5) is 11.4 Å². The zero-order chi connectivity index (χ0) is 14.2. The molecule has 1 aliphatic rings. The maximum absolute atomic E-state index is 6.03. The first-order valence-corrected chi connectivity index (χ1v) is 6.99. The van der Waals surface area contributed by atoms with E-state index in [9.17, 15) is 0 Å². The molecule has 1 aliphatic carbocycles. The van der Waals surface area contributed by atoms with Gasteiger partial charge < -0.3 is 11.5 Å². The van der Waals surface area contributed by atoms with Crippen molar-refractivity contribution in [1.82, 2.24) is 20.2 Å². The van der Waals surface area contributed by atoms with Gasteiger partial charge in [0.05, 0.1) is 6.54 Å². The molecule has 0 saturated heterocycles. The molecule has 1 aromatic heterocycles. The molecule has 0 spiro atoms. The molecular formula is C14H20N6. The van der Waals surface area contributed by atoms with Crippen molar-refractivity contribution in [1.29, 1.82) is 0 Å². The van der Waals surface area contributed by atoms with Crippen molar-refractivity contribution < 1.29 is 0 Å². The molecule has 4 N–H and O–H groups in total. The lowest BCUT2D eigenvalue weighted by atomic mass is 9.89. The molecule has 1 saturated carbocycles. The molecule has 0 bridgehead atoms. The van der Waals surface area contributed by atoms with Gasteiger partial charge in [-0.25, -0.2) is 4.68 Å². The third-order valence-corrected chi connectivity index (χ3v) is 4.19. The largest absolute Gasteiger partial charge is 0.399 e. The van der Waals surface area contributed by atoms with Crippen LogP contribution in [0.2, 0.25) is 0 Å². The lowest BCUT2D eigenvalue weighted by molar-refractivity contribution is 0.267. The zero-order valence-corrected chi connectivity index (χ0v) is 11.7. The Labute approximate surface area is 118 Å². The average molecular weight is 272 g/mol. The molecule has 3 rings (SSSR count). The van der Waals surface area contributed by atoms with Gasteiger partial charge in [0.1, 0.15) is 0 Å². The Hall–Kier alpha value is -2.11. The second kappa shape index (κ2) is 4.77. The number of hydrogen-bond acceptors (Lipinski definition) is 5. The highest BCUT2D eigenvalue weighted by molar-refractivity contribution is 5.74. The molecule has 106 valence electrons. The summed E-state index contributed by atoms with van der Waals surface area (Å²) in [6.45, 7) is 3.14. The van der Waals surface area contributed by atoms with E-state index in [0.29, 0.717) is 11.4 Å². The van der Waals surface area contributed by atoms with E-state index in [1.165, 1.54) is 25.7 Å². The summed E-state index contributed by atoms with van der Waals surface area (Å²) in [4.78, 5) is 0. The molecule has 6 nitrogen and oxygen atoms in total. The van der Waals surface area contributed by atoms with Crippen molar-refractivity contribution in [2.45, 2.75) is 39.2 Å². The van der Waals surface area contributed by atoms with Gasteiger partial charge >= 0.3 is 0 Å². The number of rotatable bonds is 3. The summed E-state index contributed by atoms with van der Waals surface area (Å²) >= 11 is 0.